The third kappa shape index (κ3) is 2.32. The molecule has 1 aliphatic carbocycles. The molecular formula is C12H22N2O3. The van der Waals surface area contributed by atoms with Gasteiger partial charge in [-0.05, 0) is 26.2 Å². The Morgan fingerprint density at radius 1 is 1.53 bits per heavy atom. The van der Waals surface area contributed by atoms with Crippen molar-refractivity contribution in [2.75, 3.05) is 20.3 Å². The highest BCUT2D eigenvalue weighted by atomic mass is 16.5. The van der Waals surface area contributed by atoms with Crippen molar-refractivity contribution in [3.8, 4) is 0 Å². The smallest absolute Gasteiger partial charge is 0.230 e. The summed E-state index contributed by atoms with van der Waals surface area (Å²) in [6.07, 6.45) is 3.24. The minimum absolute atomic E-state index is 0.00329. The highest BCUT2D eigenvalue weighted by Crippen LogP contribution is 2.29. The molecule has 1 aliphatic heterocycles. The van der Waals surface area contributed by atoms with E-state index in [-0.39, 0.29) is 24.1 Å². The first kappa shape index (κ1) is 12.8. The predicted octanol–water partition coefficient (Wildman–Crippen LogP) is 0.0339. The van der Waals surface area contributed by atoms with Crippen LogP contribution in [0.4, 0.5) is 0 Å². The van der Waals surface area contributed by atoms with Gasteiger partial charge < -0.3 is 20.5 Å². The number of nitrogens with one attached hydrogen (secondary N) is 1. The number of hydrogen-bond acceptors (Lipinski definition) is 4. The molecule has 3 N–H and O–H groups in total. The van der Waals surface area contributed by atoms with Crippen LogP contribution in [0.1, 0.15) is 26.2 Å². The lowest BCUT2D eigenvalue weighted by Gasteiger charge is -2.29. The van der Waals surface area contributed by atoms with Gasteiger partial charge in [0.25, 0.3) is 0 Å². The molecule has 4 unspecified atom stereocenters. The standard InChI is InChI=1S/C12H22N2O3/c1-12(7-17-6-10(12)13)11(15)14-8-4-3-5-9(8)16-2/h8-10H,3-7,13H2,1-2H3,(H,14,15). The molecule has 5 nitrogen and oxygen atoms in total. The van der Waals surface area contributed by atoms with E-state index in [2.05, 4.69) is 5.32 Å². The number of nitrogens with two attached hydrogens (primary N) is 1. The van der Waals surface area contributed by atoms with Gasteiger partial charge in [-0.25, -0.2) is 0 Å². The van der Waals surface area contributed by atoms with Crippen LogP contribution in [0.5, 0.6) is 0 Å². The molecule has 1 amide bonds. The van der Waals surface area contributed by atoms with Crippen molar-refractivity contribution in [1.29, 1.82) is 0 Å². The van der Waals surface area contributed by atoms with Crippen LogP contribution >= 0.6 is 0 Å². The van der Waals surface area contributed by atoms with Gasteiger partial charge in [-0.2, -0.15) is 0 Å². The summed E-state index contributed by atoms with van der Waals surface area (Å²) in [5.41, 5.74) is 5.34. The maximum Gasteiger partial charge on any atom is 0.230 e. The largest absolute Gasteiger partial charge is 0.379 e. The maximum absolute atomic E-state index is 12.3. The molecule has 0 spiro atoms. The van der Waals surface area contributed by atoms with Crippen LogP contribution in [-0.4, -0.2) is 44.4 Å². The molecule has 0 aromatic rings. The molecule has 4 atom stereocenters. The summed E-state index contributed by atoms with van der Waals surface area (Å²) < 4.78 is 10.7. The molecule has 17 heavy (non-hydrogen) atoms. The van der Waals surface area contributed by atoms with Gasteiger partial charge in [0.1, 0.15) is 0 Å². The quantitative estimate of drug-likeness (QED) is 0.732. The lowest BCUT2D eigenvalue weighted by atomic mass is 9.84. The fraction of sp³-hybridized carbons (Fsp3) is 0.917. The number of ether oxygens (including phenoxy) is 2. The summed E-state index contributed by atoms with van der Waals surface area (Å²) in [4.78, 5) is 12.3. The van der Waals surface area contributed by atoms with Crippen molar-refractivity contribution >= 4 is 5.91 Å². The average molecular weight is 242 g/mol. The predicted molar refractivity (Wildman–Crippen MR) is 63.5 cm³/mol. The maximum atomic E-state index is 12.3. The number of rotatable bonds is 3. The van der Waals surface area contributed by atoms with Gasteiger partial charge in [-0.15, -0.1) is 0 Å². The SMILES string of the molecule is COC1CCCC1NC(=O)C1(C)COCC1N. The van der Waals surface area contributed by atoms with Crippen LogP contribution in [0.3, 0.4) is 0 Å². The lowest BCUT2D eigenvalue weighted by molar-refractivity contribution is -0.132. The first-order chi connectivity index (χ1) is 8.08. The van der Waals surface area contributed by atoms with Crippen molar-refractivity contribution in [3.63, 3.8) is 0 Å². The Kier molecular flexibility index (Phi) is 3.70. The number of carbonyl (C=O) groups excluding carboxylic acids is 1. The zero-order chi connectivity index (χ0) is 12.5. The highest BCUT2D eigenvalue weighted by molar-refractivity contribution is 5.84. The fourth-order valence-corrected chi connectivity index (χ4v) is 2.63. The second-order valence-corrected chi connectivity index (χ2v) is 5.32. The van der Waals surface area contributed by atoms with Crippen LogP contribution in [-0.2, 0) is 14.3 Å². The first-order valence-electron chi connectivity index (χ1n) is 6.25. The molecular weight excluding hydrogens is 220 g/mol. The van der Waals surface area contributed by atoms with Gasteiger partial charge in [0.05, 0.1) is 30.8 Å². The van der Waals surface area contributed by atoms with Gasteiger partial charge in [0.15, 0.2) is 0 Å². The van der Waals surface area contributed by atoms with E-state index in [4.69, 9.17) is 15.2 Å². The number of carbonyl (C=O) groups is 1. The fourth-order valence-electron chi connectivity index (χ4n) is 2.63. The first-order valence-corrected chi connectivity index (χ1v) is 6.25. The van der Waals surface area contributed by atoms with Crippen LogP contribution in [0.25, 0.3) is 0 Å². The van der Waals surface area contributed by atoms with Crippen LogP contribution < -0.4 is 11.1 Å². The van der Waals surface area contributed by atoms with E-state index in [1.807, 2.05) is 6.92 Å². The van der Waals surface area contributed by atoms with Crippen LogP contribution in [0.15, 0.2) is 0 Å². The van der Waals surface area contributed by atoms with E-state index in [0.717, 1.165) is 19.3 Å². The number of amides is 1. The summed E-state index contributed by atoms with van der Waals surface area (Å²) in [6.45, 7) is 2.74. The summed E-state index contributed by atoms with van der Waals surface area (Å²) in [6, 6.07) is -0.0953. The lowest BCUT2D eigenvalue weighted by Crippen LogP contribution is -2.53. The number of methoxy groups -OCH3 is 1. The Balaban J connectivity index is 1.97. The molecule has 0 aromatic carbocycles. The molecule has 2 aliphatic rings. The van der Waals surface area contributed by atoms with E-state index in [1.54, 1.807) is 7.11 Å². The van der Waals surface area contributed by atoms with E-state index >= 15 is 0 Å². The van der Waals surface area contributed by atoms with E-state index < -0.39 is 5.41 Å². The van der Waals surface area contributed by atoms with Gasteiger partial charge in [0.2, 0.25) is 5.91 Å². The van der Waals surface area contributed by atoms with E-state index in [0.29, 0.717) is 13.2 Å². The van der Waals surface area contributed by atoms with Gasteiger partial charge in [-0.1, -0.05) is 0 Å². The summed E-state index contributed by atoms with van der Waals surface area (Å²) in [5, 5.41) is 3.07. The van der Waals surface area contributed by atoms with Crippen molar-refractivity contribution in [2.45, 2.75) is 44.4 Å². The second kappa shape index (κ2) is 4.92. The molecule has 1 heterocycles. The van der Waals surface area contributed by atoms with Crippen LogP contribution in [0.2, 0.25) is 0 Å². The topological polar surface area (TPSA) is 73.6 Å². The molecule has 2 fully saturated rings. The molecule has 0 radical (unpaired) electrons. The Morgan fingerprint density at radius 2 is 2.29 bits per heavy atom. The zero-order valence-corrected chi connectivity index (χ0v) is 10.6. The van der Waals surface area contributed by atoms with Gasteiger partial charge in [-0.3, -0.25) is 4.79 Å². The average Bonchev–Trinajstić information content (AvgIpc) is 2.87. The van der Waals surface area contributed by atoms with Crippen molar-refractivity contribution in [1.82, 2.24) is 5.32 Å². The summed E-state index contributed by atoms with van der Waals surface area (Å²) in [7, 11) is 1.70. The molecule has 1 saturated heterocycles. The Labute approximate surface area is 102 Å². The molecule has 0 bridgehead atoms. The summed E-state index contributed by atoms with van der Waals surface area (Å²) >= 11 is 0. The Morgan fingerprint density at radius 3 is 2.88 bits per heavy atom. The number of hydrogen-bond donors (Lipinski definition) is 2. The second-order valence-electron chi connectivity index (χ2n) is 5.32. The Bertz CT molecular complexity index is 297. The molecule has 98 valence electrons. The van der Waals surface area contributed by atoms with E-state index in [9.17, 15) is 4.79 Å². The third-order valence-electron chi connectivity index (χ3n) is 4.11. The monoisotopic (exact) mass is 242 g/mol. The molecule has 2 rings (SSSR count). The normalized spacial score (nSPS) is 41.7. The van der Waals surface area contributed by atoms with Gasteiger partial charge >= 0.3 is 0 Å². The minimum Gasteiger partial charge on any atom is -0.379 e. The molecule has 0 aromatic heterocycles. The third-order valence-corrected chi connectivity index (χ3v) is 4.11. The minimum atomic E-state index is -0.596. The Hall–Kier alpha value is -0.650. The van der Waals surface area contributed by atoms with Crippen LogP contribution in [0, 0.1) is 5.41 Å². The van der Waals surface area contributed by atoms with E-state index in [1.165, 1.54) is 0 Å². The zero-order valence-electron chi connectivity index (χ0n) is 10.6. The highest BCUT2D eigenvalue weighted by Gasteiger charge is 2.45. The molecule has 1 saturated carbocycles. The van der Waals surface area contributed by atoms with Crippen molar-refractivity contribution in [2.24, 2.45) is 11.1 Å². The molecule has 5 heteroatoms. The summed E-state index contributed by atoms with van der Waals surface area (Å²) in [5.74, 6) is -0.00329. The van der Waals surface area contributed by atoms with Crippen molar-refractivity contribution in [3.05, 3.63) is 0 Å². The van der Waals surface area contributed by atoms with Crippen molar-refractivity contribution < 1.29 is 14.3 Å². The van der Waals surface area contributed by atoms with Gasteiger partial charge in [0, 0.05) is 13.2 Å².